The van der Waals surface area contributed by atoms with Crippen LogP contribution in [-0.4, -0.2) is 38.0 Å². The molecular formula is C21H23F3N4O3. The topological polar surface area (TPSA) is 78.7 Å². The lowest BCUT2D eigenvalue weighted by atomic mass is 10.1. The molecule has 0 aromatic heterocycles. The minimum absolute atomic E-state index is 0.00502. The Morgan fingerprint density at radius 3 is 2.35 bits per heavy atom. The van der Waals surface area contributed by atoms with Crippen molar-refractivity contribution in [1.29, 1.82) is 0 Å². The molecule has 1 aliphatic heterocycles. The Hall–Kier alpha value is -3.30. The third-order valence-electron chi connectivity index (χ3n) is 5.18. The number of nitrogens with zero attached hydrogens (tertiary/aromatic N) is 3. The van der Waals surface area contributed by atoms with E-state index in [-0.39, 0.29) is 16.9 Å². The van der Waals surface area contributed by atoms with Crippen molar-refractivity contribution in [3.8, 4) is 0 Å². The Morgan fingerprint density at radius 2 is 1.77 bits per heavy atom. The van der Waals surface area contributed by atoms with Gasteiger partial charge in [0.2, 0.25) is 0 Å². The highest BCUT2D eigenvalue weighted by Gasteiger charge is 2.31. The first-order valence-corrected chi connectivity index (χ1v) is 9.81. The normalized spacial score (nSPS) is 14.3. The number of rotatable bonds is 5. The molecule has 0 atom stereocenters. The van der Waals surface area contributed by atoms with Gasteiger partial charge in [-0.25, -0.2) is 0 Å². The van der Waals surface area contributed by atoms with Crippen molar-refractivity contribution in [3.05, 3.63) is 57.6 Å². The van der Waals surface area contributed by atoms with Gasteiger partial charge in [0.05, 0.1) is 21.9 Å². The van der Waals surface area contributed by atoms with Gasteiger partial charge in [0.25, 0.3) is 11.6 Å². The van der Waals surface area contributed by atoms with Gasteiger partial charge in [0, 0.05) is 38.8 Å². The van der Waals surface area contributed by atoms with Crippen LogP contribution in [0.2, 0.25) is 0 Å². The smallest absolute Gasteiger partial charge is 0.376 e. The number of nitro groups is 1. The van der Waals surface area contributed by atoms with Crippen molar-refractivity contribution in [2.45, 2.75) is 25.4 Å². The molecule has 1 amide bonds. The van der Waals surface area contributed by atoms with Crippen LogP contribution < -0.4 is 15.1 Å². The van der Waals surface area contributed by atoms with E-state index in [9.17, 15) is 28.1 Å². The second kappa shape index (κ2) is 8.83. The highest BCUT2D eigenvalue weighted by molar-refractivity contribution is 6.06. The van der Waals surface area contributed by atoms with Gasteiger partial charge in [-0.3, -0.25) is 14.9 Å². The van der Waals surface area contributed by atoms with Crippen molar-refractivity contribution in [2.24, 2.45) is 0 Å². The van der Waals surface area contributed by atoms with Crippen LogP contribution in [0.1, 0.15) is 35.2 Å². The fraction of sp³-hybridized carbons (Fsp3) is 0.381. The maximum Gasteiger partial charge on any atom is 0.416 e. The average Bonchev–Trinajstić information content (AvgIpc) is 2.73. The molecule has 7 nitrogen and oxygen atoms in total. The van der Waals surface area contributed by atoms with E-state index in [1.165, 1.54) is 24.3 Å². The van der Waals surface area contributed by atoms with Crippen molar-refractivity contribution in [3.63, 3.8) is 0 Å². The third-order valence-corrected chi connectivity index (χ3v) is 5.18. The first-order valence-electron chi connectivity index (χ1n) is 9.81. The molecule has 0 saturated carbocycles. The Morgan fingerprint density at radius 1 is 1.10 bits per heavy atom. The molecule has 1 saturated heterocycles. The zero-order valence-electron chi connectivity index (χ0n) is 17.2. The summed E-state index contributed by atoms with van der Waals surface area (Å²) in [6.07, 6.45) is -1.64. The molecule has 2 aromatic rings. The predicted molar refractivity (Wildman–Crippen MR) is 113 cm³/mol. The number of hydrogen-bond donors (Lipinski definition) is 1. The number of nitro benzene ring substituents is 1. The number of nitrogens with one attached hydrogen (secondary N) is 1. The van der Waals surface area contributed by atoms with Crippen LogP contribution in [0.3, 0.4) is 0 Å². The third kappa shape index (κ3) is 5.07. The molecule has 2 aromatic carbocycles. The summed E-state index contributed by atoms with van der Waals surface area (Å²) < 4.78 is 39.4. The summed E-state index contributed by atoms with van der Waals surface area (Å²) in [5.41, 5.74) is -0.330. The molecule has 0 aliphatic carbocycles. The van der Waals surface area contributed by atoms with Crippen molar-refractivity contribution in [2.75, 3.05) is 42.3 Å². The van der Waals surface area contributed by atoms with Crippen LogP contribution in [-0.2, 0) is 6.18 Å². The molecule has 166 valence electrons. The van der Waals surface area contributed by atoms with Crippen molar-refractivity contribution in [1.82, 2.24) is 0 Å². The molecule has 0 unspecified atom stereocenters. The molecule has 0 bridgehead atoms. The summed E-state index contributed by atoms with van der Waals surface area (Å²) in [6, 6.07) is 7.20. The van der Waals surface area contributed by atoms with Crippen LogP contribution in [0, 0.1) is 10.1 Å². The summed E-state index contributed by atoms with van der Waals surface area (Å²) >= 11 is 0. The number of hydrogen-bond acceptors (Lipinski definition) is 5. The number of benzene rings is 2. The van der Waals surface area contributed by atoms with Gasteiger partial charge in [0.1, 0.15) is 5.69 Å². The van der Waals surface area contributed by atoms with Crippen LogP contribution in [0.5, 0.6) is 0 Å². The first kappa shape index (κ1) is 22.4. The van der Waals surface area contributed by atoms with Crippen LogP contribution in [0.25, 0.3) is 0 Å². The van der Waals surface area contributed by atoms with Crippen LogP contribution in [0.15, 0.2) is 36.4 Å². The lowest BCUT2D eigenvalue weighted by molar-refractivity contribution is -0.384. The van der Waals surface area contributed by atoms with E-state index < -0.39 is 22.6 Å². The van der Waals surface area contributed by atoms with Gasteiger partial charge >= 0.3 is 6.18 Å². The Bertz CT molecular complexity index is 986. The number of piperidine rings is 1. The minimum Gasteiger partial charge on any atom is -0.376 e. The standard InChI is InChI=1S/C21H23F3N4O3/c1-26(2)17-9-7-15(21(22,23)24)13-16(17)25-20(29)14-6-8-18(19(12-14)28(30)31)27-10-4-3-5-11-27/h6-9,12-13H,3-5,10-11H2,1-2H3,(H,25,29). The number of halogens is 3. The largest absolute Gasteiger partial charge is 0.416 e. The highest BCUT2D eigenvalue weighted by atomic mass is 19.4. The minimum atomic E-state index is -4.57. The Kier molecular flexibility index (Phi) is 6.37. The van der Waals surface area contributed by atoms with Gasteiger partial charge in [-0.15, -0.1) is 0 Å². The summed E-state index contributed by atoms with van der Waals surface area (Å²) in [7, 11) is 3.27. The van der Waals surface area contributed by atoms with Gasteiger partial charge in [0.15, 0.2) is 0 Å². The number of anilines is 3. The molecule has 3 rings (SSSR count). The van der Waals surface area contributed by atoms with E-state index in [2.05, 4.69) is 5.32 Å². The second-order valence-corrected chi connectivity index (χ2v) is 7.59. The second-order valence-electron chi connectivity index (χ2n) is 7.59. The van der Waals surface area contributed by atoms with E-state index in [1.54, 1.807) is 19.0 Å². The summed E-state index contributed by atoms with van der Waals surface area (Å²) in [6.45, 7) is 1.39. The first-order chi connectivity index (χ1) is 14.6. The zero-order valence-corrected chi connectivity index (χ0v) is 17.2. The fourth-order valence-corrected chi connectivity index (χ4v) is 3.61. The number of carbonyl (C=O) groups is 1. The number of alkyl halides is 3. The van der Waals surface area contributed by atoms with E-state index in [0.717, 1.165) is 31.4 Å². The maximum absolute atomic E-state index is 13.1. The SMILES string of the molecule is CN(C)c1ccc(C(F)(F)F)cc1NC(=O)c1ccc(N2CCCCC2)c([N+](=O)[O-])c1. The molecule has 0 spiro atoms. The predicted octanol–water partition coefficient (Wildman–Crippen LogP) is 4.92. The molecule has 1 fully saturated rings. The monoisotopic (exact) mass is 436 g/mol. The number of amides is 1. The van der Waals surface area contributed by atoms with Gasteiger partial charge < -0.3 is 15.1 Å². The lowest BCUT2D eigenvalue weighted by Crippen LogP contribution is -2.30. The Labute approximate surface area is 177 Å². The lowest BCUT2D eigenvalue weighted by Gasteiger charge is -2.28. The van der Waals surface area contributed by atoms with Crippen LogP contribution in [0.4, 0.5) is 35.9 Å². The quantitative estimate of drug-likeness (QED) is 0.532. The van der Waals surface area contributed by atoms with Crippen LogP contribution >= 0.6 is 0 Å². The van der Waals surface area contributed by atoms with Crippen molar-refractivity contribution < 1.29 is 22.9 Å². The molecular weight excluding hydrogens is 413 g/mol. The van der Waals surface area contributed by atoms with Crippen molar-refractivity contribution >= 4 is 28.7 Å². The summed E-state index contributed by atoms with van der Waals surface area (Å²) in [5.74, 6) is -0.726. The molecule has 1 heterocycles. The molecule has 0 radical (unpaired) electrons. The molecule has 1 aliphatic rings. The maximum atomic E-state index is 13.1. The van der Waals surface area contributed by atoms with Gasteiger partial charge in [-0.05, 0) is 49.6 Å². The Balaban J connectivity index is 1.93. The molecule has 10 heteroatoms. The van der Waals surface area contributed by atoms with E-state index in [0.29, 0.717) is 24.5 Å². The fourth-order valence-electron chi connectivity index (χ4n) is 3.61. The average molecular weight is 436 g/mol. The summed E-state index contributed by atoms with van der Waals surface area (Å²) in [5, 5.41) is 14.1. The van der Waals surface area contributed by atoms with Gasteiger partial charge in [-0.2, -0.15) is 13.2 Å². The van der Waals surface area contributed by atoms with Gasteiger partial charge in [-0.1, -0.05) is 0 Å². The molecule has 31 heavy (non-hydrogen) atoms. The van der Waals surface area contributed by atoms with E-state index >= 15 is 0 Å². The molecule has 1 N–H and O–H groups in total. The number of carbonyl (C=O) groups excluding carboxylic acids is 1. The highest BCUT2D eigenvalue weighted by Crippen LogP contribution is 2.36. The van der Waals surface area contributed by atoms with E-state index in [4.69, 9.17) is 0 Å². The summed E-state index contributed by atoms with van der Waals surface area (Å²) in [4.78, 5) is 27.3. The zero-order chi connectivity index (χ0) is 22.8. The van der Waals surface area contributed by atoms with E-state index in [1.807, 2.05) is 4.90 Å².